The van der Waals surface area contributed by atoms with Gasteiger partial charge in [0.15, 0.2) is 0 Å². The second-order valence-corrected chi connectivity index (χ2v) is 4.19. The Morgan fingerprint density at radius 3 is 2.09 bits per heavy atom. The van der Waals surface area contributed by atoms with Crippen molar-refractivity contribution < 1.29 is 9.66 Å². The Labute approximate surface area is 125 Å². The first kappa shape index (κ1) is 15.0. The second-order valence-electron chi connectivity index (χ2n) is 4.19. The van der Waals surface area contributed by atoms with Crippen molar-refractivity contribution in [2.75, 3.05) is 0 Å². The molecule has 2 aromatic rings. The van der Waals surface area contributed by atoms with E-state index in [1.165, 1.54) is 30.5 Å². The first-order valence-electron chi connectivity index (χ1n) is 6.19. The number of ether oxygens (including phenoxy) is 1. The first-order chi connectivity index (χ1) is 10.5. The van der Waals surface area contributed by atoms with Crippen molar-refractivity contribution in [3.05, 3.63) is 64.2 Å². The number of nitrogens with two attached hydrogens (primary N) is 2. The van der Waals surface area contributed by atoms with Crippen LogP contribution in [0.15, 0.2) is 58.7 Å². The van der Waals surface area contributed by atoms with E-state index in [-0.39, 0.29) is 11.6 Å². The summed E-state index contributed by atoms with van der Waals surface area (Å²) in [5.41, 5.74) is 11.1. The van der Waals surface area contributed by atoms with Crippen molar-refractivity contribution in [2.24, 2.45) is 21.7 Å². The maximum atomic E-state index is 10.6. The summed E-state index contributed by atoms with van der Waals surface area (Å²) in [5, 5.41) is 17.7. The fraction of sp³-hybridized carbons (Fsp3) is 0. The molecule has 8 nitrogen and oxygen atoms in total. The van der Waals surface area contributed by atoms with Crippen LogP contribution >= 0.6 is 0 Å². The van der Waals surface area contributed by atoms with Crippen LogP contribution < -0.4 is 16.2 Å². The summed E-state index contributed by atoms with van der Waals surface area (Å²) in [6.45, 7) is 0. The fourth-order valence-corrected chi connectivity index (χ4v) is 1.56. The Bertz CT molecular complexity index is 704. The van der Waals surface area contributed by atoms with Crippen molar-refractivity contribution in [3.8, 4) is 11.5 Å². The third-order valence-electron chi connectivity index (χ3n) is 2.54. The number of guanidine groups is 1. The highest BCUT2D eigenvalue weighted by molar-refractivity contribution is 5.81. The van der Waals surface area contributed by atoms with Gasteiger partial charge in [-0.25, -0.2) is 0 Å². The summed E-state index contributed by atoms with van der Waals surface area (Å²) in [4.78, 5) is 10.1. The van der Waals surface area contributed by atoms with Gasteiger partial charge in [-0.3, -0.25) is 10.1 Å². The predicted octanol–water partition coefficient (Wildman–Crippen LogP) is 1.99. The van der Waals surface area contributed by atoms with Gasteiger partial charge >= 0.3 is 0 Å². The number of nitro groups is 1. The lowest BCUT2D eigenvalue weighted by Gasteiger charge is -2.05. The lowest BCUT2D eigenvalue weighted by Crippen LogP contribution is -2.21. The van der Waals surface area contributed by atoms with Crippen LogP contribution in [0, 0.1) is 10.1 Å². The number of non-ortho nitro benzene ring substituents is 1. The molecule has 0 aliphatic rings. The molecule has 22 heavy (non-hydrogen) atoms. The minimum absolute atomic E-state index is 0.0126. The third kappa shape index (κ3) is 4.30. The minimum atomic E-state index is -0.464. The van der Waals surface area contributed by atoms with Gasteiger partial charge in [0.2, 0.25) is 5.96 Å². The van der Waals surface area contributed by atoms with E-state index in [9.17, 15) is 10.1 Å². The van der Waals surface area contributed by atoms with Crippen LogP contribution in [-0.4, -0.2) is 17.1 Å². The Kier molecular flexibility index (Phi) is 4.66. The Hall–Kier alpha value is -3.42. The number of rotatable bonds is 5. The topological polar surface area (TPSA) is 129 Å². The monoisotopic (exact) mass is 299 g/mol. The number of hydrogen-bond donors (Lipinski definition) is 2. The minimum Gasteiger partial charge on any atom is -0.457 e. The fourth-order valence-electron chi connectivity index (χ4n) is 1.56. The van der Waals surface area contributed by atoms with Crippen LogP contribution in [-0.2, 0) is 0 Å². The number of nitrogens with zero attached hydrogens (tertiary/aromatic N) is 3. The van der Waals surface area contributed by atoms with E-state index in [2.05, 4.69) is 10.2 Å². The summed E-state index contributed by atoms with van der Waals surface area (Å²) < 4.78 is 5.58. The standard InChI is InChI=1S/C14H13N5O3/c15-14(16)18-17-9-10-1-5-12(6-2-10)22-13-7-3-11(4-8-13)19(20)21/h1-9H,(H4,15,16,18). The van der Waals surface area contributed by atoms with E-state index < -0.39 is 4.92 Å². The molecule has 112 valence electrons. The molecule has 0 saturated heterocycles. The summed E-state index contributed by atoms with van der Waals surface area (Å²) in [7, 11) is 0. The normalized spacial score (nSPS) is 10.4. The molecule has 0 saturated carbocycles. The van der Waals surface area contributed by atoms with Crippen LogP contribution in [0.2, 0.25) is 0 Å². The predicted molar refractivity (Wildman–Crippen MR) is 83.0 cm³/mol. The Morgan fingerprint density at radius 2 is 1.59 bits per heavy atom. The quantitative estimate of drug-likeness (QED) is 0.377. The van der Waals surface area contributed by atoms with Gasteiger partial charge in [-0.1, -0.05) is 0 Å². The van der Waals surface area contributed by atoms with Crippen LogP contribution in [0.3, 0.4) is 0 Å². The highest BCUT2D eigenvalue weighted by Gasteiger charge is 2.04. The van der Waals surface area contributed by atoms with Gasteiger partial charge in [0.1, 0.15) is 11.5 Å². The zero-order chi connectivity index (χ0) is 15.9. The van der Waals surface area contributed by atoms with Gasteiger partial charge in [-0.2, -0.15) is 5.10 Å². The first-order valence-corrected chi connectivity index (χ1v) is 6.19. The Balaban J connectivity index is 2.03. The average molecular weight is 299 g/mol. The molecular weight excluding hydrogens is 286 g/mol. The molecule has 0 aliphatic heterocycles. The van der Waals surface area contributed by atoms with Gasteiger partial charge in [-0.05, 0) is 42.0 Å². The Morgan fingerprint density at radius 1 is 1.05 bits per heavy atom. The molecule has 2 rings (SSSR count). The smallest absolute Gasteiger partial charge is 0.269 e. The summed E-state index contributed by atoms with van der Waals surface area (Å²) in [6, 6.07) is 12.8. The molecule has 0 heterocycles. The van der Waals surface area contributed by atoms with E-state index in [0.717, 1.165) is 5.56 Å². The van der Waals surface area contributed by atoms with Crippen molar-refractivity contribution >= 4 is 17.9 Å². The van der Waals surface area contributed by atoms with Crippen LogP contribution in [0.5, 0.6) is 11.5 Å². The van der Waals surface area contributed by atoms with E-state index in [4.69, 9.17) is 16.2 Å². The number of hydrogen-bond acceptors (Lipinski definition) is 5. The summed E-state index contributed by atoms with van der Waals surface area (Å²) in [5.74, 6) is 0.981. The van der Waals surface area contributed by atoms with Crippen molar-refractivity contribution in [3.63, 3.8) is 0 Å². The van der Waals surface area contributed by atoms with Gasteiger partial charge in [0, 0.05) is 12.1 Å². The van der Waals surface area contributed by atoms with Crippen molar-refractivity contribution in [2.45, 2.75) is 0 Å². The zero-order valence-electron chi connectivity index (χ0n) is 11.4. The molecule has 0 unspecified atom stereocenters. The van der Waals surface area contributed by atoms with E-state index in [0.29, 0.717) is 11.5 Å². The van der Waals surface area contributed by atoms with E-state index in [1.54, 1.807) is 24.3 Å². The molecule has 0 fully saturated rings. The maximum Gasteiger partial charge on any atom is 0.269 e. The van der Waals surface area contributed by atoms with Gasteiger partial charge in [-0.15, -0.1) is 5.10 Å². The molecule has 2 aromatic carbocycles. The van der Waals surface area contributed by atoms with E-state index in [1.807, 2.05) is 0 Å². The molecule has 0 atom stereocenters. The molecule has 8 heteroatoms. The molecule has 0 amide bonds. The van der Waals surface area contributed by atoms with Crippen LogP contribution in [0.4, 0.5) is 5.69 Å². The lowest BCUT2D eigenvalue weighted by molar-refractivity contribution is -0.384. The van der Waals surface area contributed by atoms with Crippen LogP contribution in [0.25, 0.3) is 0 Å². The molecule has 0 aliphatic carbocycles. The zero-order valence-corrected chi connectivity index (χ0v) is 11.4. The molecule has 0 aromatic heterocycles. The molecular formula is C14H13N5O3. The van der Waals surface area contributed by atoms with Crippen molar-refractivity contribution in [1.82, 2.24) is 0 Å². The maximum absolute atomic E-state index is 10.6. The third-order valence-corrected chi connectivity index (χ3v) is 2.54. The van der Waals surface area contributed by atoms with Crippen molar-refractivity contribution in [1.29, 1.82) is 0 Å². The molecule has 0 radical (unpaired) electrons. The van der Waals surface area contributed by atoms with Gasteiger partial charge in [0.25, 0.3) is 5.69 Å². The van der Waals surface area contributed by atoms with Crippen LogP contribution in [0.1, 0.15) is 5.56 Å². The highest BCUT2D eigenvalue weighted by Crippen LogP contribution is 2.23. The van der Waals surface area contributed by atoms with Gasteiger partial charge < -0.3 is 16.2 Å². The van der Waals surface area contributed by atoms with E-state index >= 15 is 0 Å². The van der Waals surface area contributed by atoms with Gasteiger partial charge in [0.05, 0.1) is 11.1 Å². The second kappa shape index (κ2) is 6.84. The number of benzene rings is 2. The lowest BCUT2D eigenvalue weighted by atomic mass is 10.2. The average Bonchev–Trinajstić information content (AvgIpc) is 2.49. The highest BCUT2D eigenvalue weighted by atomic mass is 16.6. The summed E-state index contributed by atoms with van der Waals surface area (Å²) in [6.07, 6.45) is 1.50. The largest absolute Gasteiger partial charge is 0.457 e. The number of nitro benzene ring substituents is 1. The molecule has 4 N–H and O–H groups in total. The summed E-state index contributed by atoms with van der Waals surface area (Å²) >= 11 is 0. The molecule has 0 spiro atoms. The molecule has 0 bridgehead atoms. The SMILES string of the molecule is NC(N)=NN=Cc1ccc(Oc2ccc([N+](=O)[O-])cc2)cc1.